The summed E-state index contributed by atoms with van der Waals surface area (Å²) in [6.07, 6.45) is 2.81. The Hall–Kier alpha value is -1.20. The van der Waals surface area contributed by atoms with Crippen LogP contribution in [0.15, 0.2) is 35.2 Å². The molecule has 134 valence electrons. The second kappa shape index (κ2) is 8.26. The zero-order valence-corrected chi connectivity index (χ0v) is 15.5. The Morgan fingerprint density at radius 1 is 1.21 bits per heavy atom. The van der Waals surface area contributed by atoms with Crippen molar-refractivity contribution in [3.05, 3.63) is 30.3 Å². The van der Waals surface area contributed by atoms with Crippen LogP contribution in [-0.2, 0) is 19.4 Å². The number of carbonyl (C=O) groups excluding carboxylic acids is 1. The number of hydrogen-bond acceptors (Lipinski definition) is 4. The number of ether oxygens (including phenoxy) is 1. The van der Waals surface area contributed by atoms with E-state index in [1.165, 1.54) is 0 Å². The van der Waals surface area contributed by atoms with Gasteiger partial charge in [-0.15, -0.1) is 0 Å². The Kier molecular flexibility index (Phi) is 6.58. The van der Waals surface area contributed by atoms with E-state index in [0.717, 1.165) is 19.1 Å². The molecule has 1 heterocycles. The van der Waals surface area contributed by atoms with Crippen molar-refractivity contribution in [2.24, 2.45) is 17.8 Å². The molecule has 1 aliphatic heterocycles. The molecular formula is C19H28O4S. The molecule has 0 radical (unpaired) electrons. The van der Waals surface area contributed by atoms with Gasteiger partial charge < -0.3 is 9.53 Å². The average molecular weight is 352 g/mol. The second-order valence-corrected chi connectivity index (χ2v) is 9.02. The molecule has 1 aromatic rings. The third kappa shape index (κ3) is 4.45. The highest BCUT2D eigenvalue weighted by Gasteiger charge is 2.43. The van der Waals surface area contributed by atoms with E-state index in [-0.39, 0.29) is 36.2 Å². The molecule has 1 aliphatic rings. The molecule has 1 fully saturated rings. The van der Waals surface area contributed by atoms with Crippen LogP contribution in [0.25, 0.3) is 0 Å². The SMILES string of the molecule is CC[C@@H](C)C[C@H]1O[C@@H](CC=O)[C@H](CS(=O)(=O)c2ccccc2)[C@H]1C. The van der Waals surface area contributed by atoms with Crippen LogP contribution < -0.4 is 0 Å². The monoisotopic (exact) mass is 352 g/mol. The van der Waals surface area contributed by atoms with Crippen LogP contribution in [0.3, 0.4) is 0 Å². The largest absolute Gasteiger partial charge is 0.374 e. The zero-order chi connectivity index (χ0) is 17.7. The van der Waals surface area contributed by atoms with Gasteiger partial charge in [0, 0.05) is 12.3 Å². The lowest BCUT2D eigenvalue weighted by molar-refractivity contribution is -0.110. The summed E-state index contributed by atoms with van der Waals surface area (Å²) in [6.45, 7) is 6.38. The molecule has 0 spiro atoms. The summed E-state index contributed by atoms with van der Waals surface area (Å²) < 4.78 is 31.5. The number of rotatable bonds is 8. The fourth-order valence-corrected chi connectivity index (χ4v) is 5.25. The summed E-state index contributed by atoms with van der Waals surface area (Å²) in [5.74, 6) is 0.545. The molecule has 0 N–H and O–H groups in total. The summed E-state index contributed by atoms with van der Waals surface area (Å²) in [7, 11) is -3.38. The summed E-state index contributed by atoms with van der Waals surface area (Å²) in [5, 5.41) is 0. The van der Waals surface area contributed by atoms with Crippen LogP contribution in [0.1, 0.15) is 40.0 Å². The van der Waals surface area contributed by atoms with Crippen LogP contribution in [0.5, 0.6) is 0 Å². The molecule has 4 nitrogen and oxygen atoms in total. The van der Waals surface area contributed by atoms with Gasteiger partial charge in [-0.3, -0.25) is 0 Å². The molecule has 2 rings (SSSR count). The lowest BCUT2D eigenvalue weighted by atomic mass is 9.85. The third-order valence-electron chi connectivity index (χ3n) is 5.26. The topological polar surface area (TPSA) is 60.4 Å². The first kappa shape index (κ1) is 19.1. The summed E-state index contributed by atoms with van der Waals surface area (Å²) >= 11 is 0. The van der Waals surface area contributed by atoms with Gasteiger partial charge in [-0.25, -0.2) is 8.42 Å². The van der Waals surface area contributed by atoms with Crippen LogP contribution >= 0.6 is 0 Å². The predicted molar refractivity (Wildman–Crippen MR) is 94.6 cm³/mol. The van der Waals surface area contributed by atoms with Crippen LogP contribution in [0.2, 0.25) is 0 Å². The first-order valence-corrected chi connectivity index (χ1v) is 10.4. The van der Waals surface area contributed by atoms with E-state index >= 15 is 0 Å². The van der Waals surface area contributed by atoms with E-state index in [1.54, 1.807) is 30.3 Å². The molecule has 24 heavy (non-hydrogen) atoms. The number of sulfone groups is 1. The minimum Gasteiger partial charge on any atom is -0.374 e. The third-order valence-corrected chi connectivity index (χ3v) is 7.08. The number of aldehydes is 1. The molecule has 0 unspecified atom stereocenters. The van der Waals surface area contributed by atoms with Gasteiger partial charge in [0.05, 0.1) is 22.9 Å². The molecule has 0 aliphatic carbocycles. The molecule has 0 amide bonds. The van der Waals surface area contributed by atoms with Crippen LogP contribution in [-0.4, -0.2) is 32.7 Å². The lowest BCUT2D eigenvalue weighted by Gasteiger charge is -2.21. The van der Waals surface area contributed by atoms with Crippen molar-refractivity contribution < 1.29 is 17.9 Å². The smallest absolute Gasteiger partial charge is 0.178 e. The van der Waals surface area contributed by atoms with E-state index in [1.807, 2.05) is 0 Å². The van der Waals surface area contributed by atoms with Crippen LogP contribution in [0.4, 0.5) is 0 Å². The van der Waals surface area contributed by atoms with Gasteiger partial charge in [0.25, 0.3) is 0 Å². The summed E-state index contributed by atoms with van der Waals surface area (Å²) in [4.78, 5) is 11.3. The Labute approximate surface area is 145 Å². The highest BCUT2D eigenvalue weighted by Crippen LogP contribution is 2.38. The lowest BCUT2D eigenvalue weighted by Crippen LogP contribution is -2.28. The Morgan fingerprint density at radius 2 is 1.88 bits per heavy atom. The van der Waals surface area contributed by atoms with Crippen molar-refractivity contribution in [2.45, 2.75) is 57.1 Å². The predicted octanol–water partition coefficient (Wildman–Crippen LogP) is 3.51. The van der Waals surface area contributed by atoms with Gasteiger partial charge in [-0.1, -0.05) is 45.4 Å². The Bertz CT molecular complexity index is 626. The minimum atomic E-state index is -3.38. The first-order chi connectivity index (χ1) is 11.4. The Morgan fingerprint density at radius 3 is 2.46 bits per heavy atom. The highest BCUT2D eigenvalue weighted by molar-refractivity contribution is 7.91. The fraction of sp³-hybridized carbons (Fsp3) is 0.632. The second-order valence-electron chi connectivity index (χ2n) is 6.98. The van der Waals surface area contributed by atoms with E-state index in [9.17, 15) is 13.2 Å². The van der Waals surface area contributed by atoms with Gasteiger partial charge >= 0.3 is 0 Å². The van der Waals surface area contributed by atoms with E-state index in [4.69, 9.17) is 4.74 Å². The average Bonchev–Trinajstić information content (AvgIpc) is 2.84. The molecule has 1 aromatic carbocycles. The normalized spacial score (nSPS) is 28.6. The molecular weight excluding hydrogens is 324 g/mol. The van der Waals surface area contributed by atoms with E-state index in [2.05, 4.69) is 20.8 Å². The number of carbonyl (C=O) groups is 1. The van der Waals surface area contributed by atoms with Crippen molar-refractivity contribution in [3.8, 4) is 0 Å². The number of benzene rings is 1. The van der Waals surface area contributed by atoms with Gasteiger partial charge in [0.1, 0.15) is 6.29 Å². The summed E-state index contributed by atoms with van der Waals surface area (Å²) in [5.41, 5.74) is 0. The van der Waals surface area contributed by atoms with Crippen molar-refractivity contribution in [2.75, 3.05) is 5.75 Å². The highest BCUT2D eigenvalue weighted by atomic mass is 32.2. The summed E-state index contributed by atoms with van der Waals surface area (Å²) in [6, 6.07) is 8.52. The van der Waals surface area contributed by atoms with Gasteiger partial charge in [-0.2, -0.15) is 0 Å². The Balaban J connectivity index is 2.18. The molecule has 0 saturated carbocycles. The molecule has 0 aromatic heterocycles. The maximum absolute atomic E-state index is 12.7. The molecule has 5 atom stereocenters. The van der Waals surface area contributed by atoms with Crippen molar-refractivity contribution in [1.82, 2.24) is 0 Å². The quantitative estimate of drug-likeness (QED) is 0.672. The van der Waals surface area contributed by atoms with E-state index in [0.29, 0.717) is 10.8 Å². The van der Waals surface area contributed by atoms with Crippen LogP contribution in [0, 0.1) is 17.8 Å². The first-order valence-electron chi connectivity index (χ1n) is 8.76. The zero-order valence-electron chi connectivity index (χ0n) is 14.7. The maximum Gasteiger partial charge on any atom is 0.178 e. The maximum atomic E-state index is 12.7. The van der Waals surface area contributed by atoms with Crippen molar-refractivity contribution >= 4 is 16.1 Å². The van der Waals surface area contributed by atoms with Gasteiger partial charge in [0.15, 0.2) is 9.84 Å². The minimum absolute atomic E-state index is 0.0286. The van der Waals surface area contributed by atoms with E-state index < -0.39 is 9.84 Å². The standard InChI is InChI=1S/C19H28O4S/c1-4-14(2)12-19-15(3)17(18(23-19)10-11-20)13-24(21,22)16-8-6-5-7-9-16/h5-9,11,14-15,17-19H,4,10,12-13H2,1-3H3/t14-,15-,17-,18+,19-/m1/s1. The number of hydrogen-bond donors (Lipinski definition) is 0. The molecule has 1 saturated heterocycles. The van der Waals surface area contributed by atoms with Gasteiger partial charge in [0.2, 0.25) is 0 Å². The molecule has 5 heteroatoms. The van der Waals surface area contributed by atoms with Crippen molar-refractivity contribution in [3.63, 3.8) is 0 Å². The molecule has 0 bridgehead atoms. The van der Waals surface area contributed by atoms with Crippen molar-refractivity contribution in [1.29, 1.82) is 0 Å². The van der Waals surface area contributed by atoms with Gasteiger partial charge in [-0.05, 0) is 30.4 Å². The fourth-order valence-electron chi connectivity index (χ4n) is 3.46.